The van der Waals surface area contributed by atoms with Gasteiger partial charge < -0.3 is 14.6 Å². The normalized spacial score (nSPS) is 12.0. The highest BCUT2D eigenvalue weighted by Crippen LogP contribution is 2.35. The fourth-order valence-corrected chi connectivity index (χ4v) is 4.91. The van der Waals surface area contributed by atoms with E-state index in [0.717, 1.165) is 18.5 Å². The number of halogens is 3. The van der Waals surface area contributed by atoms with Crippen molar-refractivity contribution in [1.29, 1.82) is 0 Å². The lowest BCUT2D eigenvalue weighted by atomic mass is 10.1. The van der Waals surface area contributed by atoms with Crippen LogP contribution in [0.25, 0.3) is 0 Å². The second-order valence-electron chi connectivity index (χ2n) is 8.32. The molecule has 1 aromatic heterocycles. The monoisotopic (exact) mass is 509 g/mol. The molecule has 35 heavy (non-hydrogen) atoms. The summed E-state index contributed by atoms with van der Waals surface area (Å²) in [5.74, 6) is -1.02. The van der Waals surface area contributed by atoms with Crippen LogP contribution in [0.3, 0.4) is 0 Å². The number of benzene rings is 2. The van der Waals surface area contributed by atoms with Gasteiger partial charge in [-0.15, -0.1) is 0 Å². The minimum absolute atomic E-state index is 0.00341. The van der Waals surface area contributed by atoms with Gasteiger partial charge in [0, 0.05) is 24.1 Å². The van der Waals surface area contributed by atoms with Crippen molar-refractivity contribution in [2.24, 2.45) is 0 Å². The van der Waals surface area contributed by atoms with E-state index in [9.17, 15) is 26.4 Å². The number of aromatic nitrogens is 1. The van der Waals surface area contributed by atoms with Gasteiger partial charge in [-0.2, -0.15) is 13.2 Å². The summed E-state index contributed by atoms with van der Waals surface area (Å²) < 4.78 is 76.0. The number of para-hydroxylation sites is 1. The maximum atomic E-state index is 13.5. The van der Waals surface area contributed by atoms with Crippen LogP contribution in [-0.4, -0.2) is 26.0 Å². The Bertz CT molecular complexity index is 1340. The van der Waals surface area contributed by atoms with E-state index in [1.165, 1.54) is 23.8 Å². The van der Waals surface area contributed by atoms with Crippen molar-refractivity contribution in [3.63, 3.8) is 0 Å². The number of aryl methyl sites for hydroxylation is 2. The highest BCUT2D eigenvalue weighted by molar-refractivity contribution is 7.92. The van der Waals surface area contributed by atoms with E-state index in [-0.39, 0.29) is 22.4 Å². The summed E-state index contributed by atoms with van der Waals surface area (Å²) in [6.45, 7) is 6.87. The molecule has 7 nitrogen and oxygen atoms in total. The number of rotatable bonds is 7. The Morgan fingerprint density at radius 2 is 1.69 bits per heavy atom. The molecule has 0 radical (unpaired) electrons. The van der Waals surface area contributed by atoms with Crippen molar-refractivity contribution < 1.29 is 31.1 Å². The van der Waals surface area contributed by atoms with Gasteiger partial charge in [-0.1, -0.05) is 18.2 Å². The molecule has 3 rings (SSSR count). The van der Waals surface area contributed by atoms with Gasteiger partial charge >= 0.3 is 6.18 Å². The van der Waals surface area contributed by atoms with E-state index in [1.807, 2.05) is 0 Å². The summed E-state index contributed by atoms with van der Waals surface area (Å²) in [6, 6.07) is 8.80. The zero-order chi connectivity index (χ0) is 26.1. The van der Waals surface area contributed by atoms with Crippen molar-refractivity contribution in [1.82, 2.24) is 4.57 Å². The zero-order valence-electron chi connectivity index (χ0n) is 19.8. The fraction of sp³-hybridized carbons (Fsp3) is 0.292. The molecule has 0 bridgehead atoms. The van der Waals surface area contributed by atoms with E-state index in [2.05, 4.69) is 10.0 Å². The Labute approximate surface area is 202 Å². The number of carbonyl (C=O) groups is 1. The molecule has 2 N–H and O–H groups in total. The molecule has 188 valence electrons. The van der Waals surface area contributed by atoms with Gasteiger partial charge in [0.25, 0.3) is 15.9 Å². The Hall–Kier alpha value is -3.47. The number of alkyl halides is 3. The number of ether oxygens (including phenoxy) is 1. The number of nitrogens with one attached hydrogen (secondary N) is 2. The van der Waals surface area contributed by atoms with Crippen LogP contribution in [0.15, 0.2) is 53.7 Å². The van der Waals surface area contributed by atoms with Crippen LogP contribution < -0.4 is 14.8 Å². The van der Waals surface area contributed by atoms with Gasteiger partial charge in [0.1, 0.15) is 10.6 Å². The van der Waals surface area contributed by atoms with E-state index in [4.69, 9.17) is 4.74 Å². The smallest absolute Gasteiger partial charge is 0.418 e. The lowest BCUT2D eigenvalue weighted by Gasteiger charge is -2.16. The third-order valence-corrected chi connectivity index (χ3v) is 6.79. The topological polar surface area (TPSA) is 89.4 Å². The van der Waals surface area contributed by atoms with Gasteiger partial charge in [0.2, 0.25) is 0 Å². The maximum Gasteiger partial charge on any atom is 0.418 e. The number of hydrogen-bond acceptors (Lipinski definition) is 4. The van der Waals surface area contributed by atoms with Crippen LogP contribution in [0, 0.1) is 13.8 Å². The number of anilines is 2. The molecular formula is C24H26F3N3O4S. The molecule has 0 saturated heterocycles. The molecule has 11 heteroatoms. The molecule has 1 heterocycles. The SMILES string of the molecule is COc1ccc(NC(=O)c2cn(C(C)C)cc2C(F)(F)F)cc1S(=O)(=O)Nc1c(C)cccc1C. The summed E-state index contributed by atoms with van der Waals surface area (Å²) in [7, 11) is -2.89. The molecule has 0 aliphatic rings. The van der Waals surface area contributed by atoms with Gasteiger partial charge in [-0.25, -0.2) is 8.42 Å². The van der Waals surface area contributed by atoms with Crippen molar-refractivity contribution >= 4 is 27.3 Å². The molecule has 3 aromatic rings. The predicted octanol–water partition coefficient (Wildman–Crippen LogP) is 5.77. The summed E-state index contributed by atoms with van der Waals surface area (Å²) >= 11 is 0. The lowest BCUT2D eigenvalue weighted by Crippen LogP contribution is -2.18. The third kappa shape index (κ3) is 5.61. The molecule has 2 aromatic carbocycles. The van der Waals surface area contributed by atoms with Crippen LogP contribution in [0.2, 0.25) is 0 Å². The van der Waals surface area contributed by atoms with Crippen LogP contribution in [-0.2, 0) is 16.2 Å². The minimum Gasteiger partial charge on any atom is -0.495 e. The summed E-state index contributed by atoms with van der Waals surface area (Å²) in [6.07, 6.45) is -2.75. The number of carbonyl (C=O) groups excluding carboxylic acids is 1. The lowest BCUT2D eigenvalue weighted by molar-refractivity contribution is -0.137. The quantitative estimate of drug-likeness (QED) is 0.423. The number of sulfonamides is 1. The summed E-state index contributed by atoms with van der Waals surface area (Å²) in [4.78, 5) is 12.5. The highest BCUT2D eigenvalue weighted by atomic mass is 32.2. The zero-order valence-corrected chi connectivity index (χ0v) is 20.6. The molecule has 0 aliphatic carbocycles. The molecule has 0 unspecified atom stereocenters. The molecule has 0 atom stereocenters. The summed E-state index contributed by atoms with van der Waals surface area (Å²) in [5, 5.41) is 2.37. The van der Waals surface area contributed by atoms with Crippen molar-refractivity contribution in [3.8, 4) is 5.75 Å². The Kier molecular flexibility index (Phi) is 7.21. The molecule has 0 aliphatic heterocycles. The average molecular weight is 510 g/mol. The first-order valence-electron chi connectivity index (χ1n) is 10.6. The van der Waals surface area contributed by atoms with Crippen LogP contribution >= 0.6 is 0 Å². The largest absolute Gasteiger partial charge is 0.495 e. The first kappa shape index (κ1) is 26.1. The van der Waals surface area contributed by atoms with E-state index in [0.29, 0.717) is 16.8 Å². The first-order valence-corrected chi connectivity index (χ1v) is 12.1. The second-order valence-corrected chi connectivity index (χ2v) is 9.97. The van der Waals surface area contributed by atoms with Gasteiger partial charge in [-0.05, 0) is 57.0 Å². The predicted molar refractivity (Wildman–Crippen MR) is 127 cm³/mol. The van der Waals surface area contributed by atoms with Crippen LogP contribution in [0.4, 0.5) is 24.5 Å². The van der Waals surface area contributed by atoms with E-state index >= 15 is 0 Å². The Morgan fingerprint density at radius 3 is 2.23 bits per heavy atom. The van der Waals surface area contributed by atoms with Gasteiger partial charge in [0.15, 0.2) is 0 Å². The van der Waals surface area contributed by atoms with E-state index in [1.54, 1.807) is 45.9 Å². The maximum absolute atomic E-state index is 13.5. The van der Waals surface area contributed by atoms with Crippen LogP contribution in [0.1, 0.15) is 46.9 Å². The number of hydrogen-bond donors (Lipinski definition) is 2. The van der Waals surface area contributed by atoms with Gasteiger partial charge in [0.05, 0.1) is 23.9 Å². The molecule has 1 amide bonds. The third-order valence-electron chi connectivity index (χ3n) is 5.42. The minimum atomic E-state index is -4.74. The average Bonchev–Trinajstić information content (AvgIpc) is 3.23. The Morgan fingerprint density at radius 1 is 1.06 bits per heavy atom. The van der Waals surface area contributed by atoms with E-state index < -0.39 is 33.2 Å². The van der Waals surface area contributed by atoms with Gasteiger partial charge in [-0.3, -0.25) is 9.52 Å². The van der Waals surface area contributed by atoms with Crippen molar-refractivity contribution in [2.75, 3.05) is 17.1 Å². The second kappa shape index (κ2) is 9.65. The van der Waals surface area contributed by atoms with Crippen molar-refractivity contribution in [2.45, 2.75) is 44.8 Å². The Balaban J connectivity index is 1.99. The number of methoxy groups -OCH3 is 1. The van der Waals surface area contributed by atoms with Crippen molar-refractivity contribution in [3.05, 3.63) is 71.0 Å². The molecule has 0 spiro atoms. The number of amides is 1. The van der Waals surface area contributed by atoms with Crippen LogP contribution in [0.5, 0.6) is 5.75 Å². The first-order chi connectivity index (χ1) is 16.2. The molecule has 0 saturated carbocycles. The summed E-state index contributed by atoms with van der Waals surface area (Å²) in [5.41, 5.74) is 0.136. The molecule has 0 fully saturated rings. The standard InChI is InChI=1S/C24H26F3N3O4S/c1-14(2)30-12-18(19(13-30)24(25,26)27)23(31)28-17-9-10-20(34-5)21(11-17)35(32,33)29-22-15(3)7-6-8-16(22)4/h6-14,29H,1-5H3,(H,28,31). The molecular weight excluding hydrogens is 483 g/mol. The number of nitrogens with zero attached hydrogens (tertiary/aromatic N) is 1. The highest BCUT2D eigenvalue weighted by Gasteiger charge is 2.37. The fourth-order valence-electron chi connectivity index (χ4n) is 3.51.